The predicted octanol–water partition coefficient (Wildman–Crippen LogP) is 1.34. The van der Waals surface area contributed by atoms with Gasteiger partial charge in [0, 0.05) is 0 Å². The summed E-state index contributed by atoms with van der Waals surface area (Å²) in [6, 6.07) is 0. The van der Waals surface area contributed by atoms with Crippen molar-refractivity contribution in [3.8, 4) is 0 Å². The Hall–Kier alpha value is 0.440. The zero-order valence-corrected chi connectivity index (χ0v) is 15.9. The van der Waals surface area contributed by atoms with Crippen LogP contribution in [0, 0.1) is 0 Å². The number of allylic oxidation sites excluding steroid dienone is 1. The Labute approximate surface area is 123 Å². The Morgan fingerprint density at radius 3 is 2.76 bits per heavy atom. The van der Waals surface area contributed by atoms with E-state index in [0.29, 0.717) is 6.61 Å². The van der Waals surface area contributed by atoms with Crippen LogP contribution in [0.15, 0.2) is 9.66 Å². The molecule has 0 N–H and O–H groups in total. The Morgan fingerprint density at radius 2 is 2.24 bits per heavy atom. The average Bonchev–Trinajstić information content (AvgIpc) is 2.66. The van der Waals surface area contributed by atoms with Gasteiger partial charge in [-0.25, -0.2) is 0 Å². The first-order chi connectivity index (χ1) is 7.99. The van der Waals surface area contributed by atoms with Gasteiger partial charge in [0.05, 0.1) is 0 Å². The summed E-state index contributed by atoms with van der Waals surface area (Å²) in [5, 5.41) is 0. The summed E-state index contributed by atoms with van der Waals surface area (Å²) in [6.45, 7) is 2.71. The van der Waals surface area contributed by atoms with Crippen LogP contribution in [-0.4, -0.2) is 60.3 Å². The molecular weight excluding hydrogens is 436 g/mol. The quantitative estimate of drug-likeness (QED) is 0.467. The molecule has 0 saturated carbocycles. The van der Waals surface area contributed by atoms with Crippen LogP contribution in [-0.2, 0) is 14.3 Å². The molecule has 0 fully saturated rings. The van der Waals surface area contributed by atoms with Gasteiger partial charge in [0.2, 0.25) is 0 Å². The van der Waals surface area contributed by atoms with E-state index >= 15 is 0 Å². The van der Waals surface area contributed by atoms with Gasteiger partial charge in [-0.1, -0.05) is 0 Å². The van der Waals surface area contributed by atoms with Gasteiger partial charge in [-0.2, -0.15) is 0 Å². The first kappa shape index (κ1) is 15.5. The maximum absolute atomic E-state index is 12.1. The summed E-state index contributed by atoms with van der Waals surface area (Å²) in [5.41, 5.74) is 0. The van der Waals surface area contributed by atoms with Gasteiger partial charge >= 0.3 is 124 Å². The predicted molar refractivity (Wildman–Crippen MR) is 76.4 cm³/mol. The van der Waals surface area contributed by atoms with Crippen molar-refractivity contribution in [1.82, 2.24) is 4.90 Å². The van der Waals surface area contributed by atoms with E-state index in [-0.39, 0.29) is 13.3 Å². The summed E-state index contributed by atoms with van der Waals surface area (Å²) < 4.78 is 7.53. The summed E-state index contributed by atoms with van der Waals surface area (Å²) in [4.78, 5) is 25.2. The third-order valence-corrected chi connectivity index (χ3v) is 14.1. The normalized spacial score (nSPS) is 19.2. The van der Waals surface area contributed by atoms with Crippen molar-refractivity contribution in [2.45, 2.75) is 21.4 Å². The van der Waals surface area contributed by atoms with Gasteiger partial charge in [-0.15, -0.1) is 0 Å². The Morgan fingerprint density at radius 1 is 1.59 bits per heavy atom. The minimum atomic E-state index is -2.61. The molecule has 1 heterocycles. The minimum absolute atomic E-state index is 0.0197. The first-order valence-corrected chi connectivity index (χ1v) is 12.7. The molecule has 0 bridgehead atoms. The molecule has 4 nitrogen and oxygen atoms in total. The maximum atomic E-state index is 12.1. The number of ether oxygens (including phenoxy) is 1. The summed E-state index contributed by atoms with van der Waals surface area (Å²) in [5.74, 6) is -0.351. The van der Waals surface area contributed by atoms with Gasteiger partial charge in [0.15, 0.2) is 0 Å². The van der Waals surface area contributed by atoms with Gasteiger partial charge in [-0.3, -0.25) is 0 Å². The monoisotopic (exact) mass is 453 g/mol. The van der Waals surface area contributed by atoms with E-state index in [4.69, 9.17) is 4.74 Å². The molecule has 0 aromatic rings. The van der Waals surface area contributed by atoms with Crippen molar-refractivity contribution in [2.75, 3.05) is 20.7 Å². The van der Waals surface area contributed by atoms with E-state index < -0.39 is 21.4 Å². The number of nitrogens with zero attached hydrogens (tertiary/aromatic N) is 1. The molecule has 0 aromatic carbocycles. The van der Waals surface area contributed by atoms with E-state index in [2.05, 4.69) is 28.7 Å². The number of rotatable bonds is 5. The van der Waals surface area contributed by atoms with Gasteiger partial charge < -0.3 is 0 Å². The van der Waals surface area contributed by atoms with Gasteiger partial charge in [0.25, 0.3) is 0 Å². The number of carbonyl (C=O) groups is 2. The number of carbonyl (C=O) groups excluding carboxylic acids is 2. The second kappa shape index (κ2) is 7.13. The Bertz CT molecular complexity index is 344. The standard InChI is InChI=1S/C7H11IO.C4H6NO2.In/c1-3-5-9-6-7(8)4-2;1-5(2)4(7)3-6;/h4,6H,2-3,5H2,1H3;1-2H3;. The van der Waals surface area contributed by atoms with Crippen LogP contribution >= 0.6 is 22.6 Å². The van der Waals surface area contributed by atoms with E-state index in [1.807, 2.05) is 6.92 Å². The van der Waals surface area contributed by atoms with Crippen LogP contribution in [0.4, 0.5) is 0 Å². The Kier molecular flexibility index (Phi) is 6.50. The van der Waals surface area contributed by atoms with Crippen molar-refractivity contribution in [3.63, 3.8) is 0 Å². The zero-order chi connectivity index (χ0) is 13.0. The average molecular weight is 453 g/mol. The molecule has 0 aliphatic carbocycles. The fraction of sp³-hybridized carbons (Fsp3) is 0.636. The van der Waals surface area contributed by atoms with E-state index in [9.17, 15) is 9.59 Å². The van der Waals surface area contributed by atoms with E-state index in [1.54, 1.807) is 14.1 Å². The molecule has 0 spiro atoms. The molecular formula is C11H17IInNO3. The van der Waals surface area contributed by atoms with E-state index in [1.165, 1.54) is 4.90 Å². The van der Waals surface area contributed by atoms with Gasteiger partial charge in [0.1, 0.15) is 0 Å². The molecule has 0 saturated heterocycles. The van der Waals surface area contributed by atoms with Crippen LogP contribution in [0.5, 0.6) is 0 Å². The number of halogens is 1. The Balaban J connectivity index is 2.70. The molecule has 0 aromatic heterocycles. The molecule has 1 rings (SSSR count). The molecule has 1 amide bonds. The fourth-order valence-corrected chi connectivity index (χ4v) is 14.2. The number of amides is 1. The number of hydrogen-bond acceptors (Lipinski definition) is 3. The number of hydrogen-bond donors (Lipinski definition) is 0. The molecule has 6 heteroatoms. The van der Waals surface area contributed by atoms with Crippen molar-refractivity contribution in [2.24, 2.45) is 0 Å². The van der Waals surface area contributed by atoms with Crippen molar-refractivity contribution in [3.05, 3.63) is 9.66 Å². The summed E-state index contributed by atoms with van der Waals surface area (Å²) >= 11 is -0.380. The fourth-order valence-electron chi connectivity index (χ4n) is 1.74. The van der Waals surface area contributed by atoms with Crippen LogP contribution in [0.1, 0.15) is 13.3 Å². The molecule has 1 aliphatic heterocycles. The summed E-state index contributed by atoms with van der Waals surface area (Å²) in [7, 11) is 3.25. The van der Waals surface area contributed by atoms with Crippen molar-refractivity contribution in [1.29, 1.82) is 0 Å². The molecule has 0 radical (unpaired) electrons. The van der Waals surface area contributed by atoms with Crippen LogP contribution < -0.4 is 0 Å². The number of likely N-dealkylation sites (N-methyl/N-ethyl adjacent to an activating group) is 1. The summed E-state index contributed by atoms with van der Waals surface area (Å²) in [6.07, 6.45) is 3.01. The van der Waals surface area contributed by atoms with Crippen LogP contribution in [0.3, 0.4) is 0 Å². The van der Waals surface area contributed by atoms with Gasteiger partial charge in [-0.05, 0) is 0 Å². The topological polar surface area (TPSA) is 46.6 Å². The molecule has 94 valence electrons. The molecule has 1 atom stereocenters. The second-order valence-electron chi connectivity index (χ2n) is 4.29. The van der Waals surface area contributed by atoms with Crippen LogP contribution in [0.25, 0.3) is 0 Å². The van der Waals surface area contributed by atoms with E-state index in [0.717, 1.165) is 14.2 Å². The molecule has 1 unspecified atom stereocenters. The third kappa shape index (κ3) is 3.96. The zero-order valence-electron chi connectivity index (χ0n) is 10.4. The first-order valence-electron chi connectivity index (χ1n) is 5.71. The molecule has 1 aliphatic rings. The molecule has 17 heavy (non-hydrogen) atoms. The SMILES string of the molecule is CCCO[CH]1C(I)=C[CH2][In]1[C](=O)C(=O)N(C)C. The second-order valence-corrected chi connectivity index (χ2v) is 13.6. The van der Waals surface area contributed by atoms with Crippen LogP contribution in [0.2, 0.25) is 4.18 Å². The van der Waals surface area contributed by atoms with Crippen molar-refractivity contribution < 1.29 is 14.3 Å². The third-order valence-electron chi connectivity index (χ3n) is 2.66. The van der Waals surface area contributed by atoms with Crippen molar-refractivity contribution >= 4 is 53.5 Å².